The molecule has 3 rings (SSSR count). The zero-order valence-corrected chi connectivity index (χ0v) is 12.3. The van der Waals surface area contributed by atoms with E-state index < -0.39 is 4.92 Å². The maximum atomic E-state index is 10.6. The number of nitrogens with zero attached hydrogens (tertiary/aromatic N) is 3. The number of ether oxygens (including phenoxy) is 1. The van der Waals surface area contributed by atoms with Gasteiger partial charge in [0.1, 0.15) is 12.0 Å². The lowest BCUT2D eigenvalue weighted by molar-refractivity contribution is -0.384. The molecular weight excluding hydrogens is 314 g/mol. The summed E-state index contributed by atoms with van der Waals surface area (Å²) in [6.45, 7) is 0.0699. The molecule has 0 saturated carbocycles. The summed E-state index contributed by atoms with van der Waals surface area (Å²) >= 11 is 0. The van der Waals surface area contributed by atoms with Crippen molar-refractivity contribution in [3.8, 4) is 17.2 Å². The number of benzene rings is 2. The molecule has 0 aliphatic heterocycles. The van der Waals surface area contributed by atoms with E-state index in [1.807, 2.05) is 0 Å². The van der Waals surface area contributed by atoms with Gasteiger partial charge in [-0.1, -0.05) is 0 Å². The number of aldehydes is 1. The lowest BCUT2D eigenvalue weighted by Gasteiger charge is -2.02. The Bertz CT molecular complexity index is 856. The average Bonchev–Trinajstić information content (AvgIpc) is 3.09. The number of nitro groups is 1. The highest BCUT2D eigenvalue weighted by Crippen LogP contribution is 2.21. The summed E-state index contributed by atoms with van der Waals surface area (Å²) in [5, 5.41) is 18.4. The standard InChI is InChI=1S/C16H11N3O5/c20-9-11-1-7-14(8-2-11)23-10-15-17-18-16(24-15)12-3-5-13(6-4-12)19(21)22/h1-9H,10H2. The molecule has 1 aromatic heterocycles. The number of carbonyl (C=O) groups excluding carboxylic acids is 1. The highest BCUT2D eigenvalue weighted by Gasteiger charge is 2.11. The molecule has 0 bridgehead atoms. The molecule has 0 aliphatic rings. The first-order valence-corrected chi connectivity index (χ1v) is 6.91. The molecule has 0 amide bonds. The molecule has 0 atom stereocenters. The van der Waals surface area contributed by atoms with Gasteiger partial charge >= 0.3 is 0 Å². The topological polar surface area (TPSA) is 108 Å². The highest BCUT2D eigenvalue weighted by atomic mass is 16.6. The van der Waals surface area contributed by atoms with Crippen molar-refractivity contribution in [1.29, 1.82) is 0 Å². The van der Waals surface area contributed by atoms with Crippen LogP contribution in [0.2, 0.25) is 0 Å². The van der Waals surface area contributed by atoms with Crippen LogP contribution < -0.4 is 4.74 Å². The molecule has 0 saturated heterocycles. The number of carbonyl (C=O) groups is 1. The quantitative estimate of drug-likeness (QED) is 0.389. The molecule has 0 radical (unpaired) electrons. The van der Waals surface area contributed by atoms with E-state index >= 15 is 0 Å². The number of hydrogen-bond donors (Lipinski definition) is 0. The van der Waals surface area contributed by atoms with Gasteiger partial charge in [-0.2, -0.15) is 0 Å². The lowest BCUT2D eigenvalue weighted by atomic mass is 10.2. The third kappa shape index (κ3) is 3.43. The monoisotopic (exact) mass is 325 g/mol. The first-order chi connectivity index (χ1) is 11.7. The Labute approximate surface area is 135 Å². The maximum absolute atomic E-state index is 10.6. The first-order valence-electron chi connectivity index (χ1n) is 6.91. The van der Waals surface area contributed by atoms with E-state index in [0.717, 1.165) is 6.29 Å². The number of hydrogen-bond acceptors (Lipinski definition) is 7. The van der Waals surface area contributed by atoms with Gasteiger partial charge in [-0.25, -0.2) is 0 Å². The number of aromatic nitrogens is 2. The SMILES string of the molecule is O=Cc1ccc(OCc2nnc(-c3ccc([N+](=O)[O-])cc3)o2)cc1. The Morgan fingerprint density at radius 2 is 1.79 bits per heavy atom. The van der Waals surface area contributed by atoms with Crippen LogP contribution in [0.25, 0.3) is 11.5 Å². The summed E-state index contributed by atoms with van der Waals surface area (Å²) in [5.74, 6) is 1.08. The maximum Gasteiger partial charge on any atom is 0.269 e. The third-order valence-corrected chi connectivity index (χ3v) is 3.17. The second-order valence-electron chi connectivity index (χ2n) is 4.78. The van der Waals surface area contributed by atoms with E-state index in [-0.39, 0.29) is 24.1 Å². The molecule has 0 aliphatic carbocycles. The van der Waals surface area contributed by atoms with Crippen LogP contribution in [-0.2, 0) is 6.61 Å². The minimum Gasteiger partial charge on any atom is -0.484 e. The van der Waals surface area contributed by atoms with Crippen LogP contribution in [-0.4, -0.2) is 21.4 Å². The molecule has 8 nitrogen and oxygen atoms in total. The Balaban J connectivity index is 1.66. The van der Waals surface area contributed by atoms with Crippen LogP contribution in [0, 0.1) is 10.1 Å². The molecule has 120 valence electrons. The Kier molecular flexibility index (Phi) is 4.28. The minimum absolute atomic E-state index is 0.0133. The van der Waals surface area contributed by atoms with E-state index in [0.29, 0.717) is 16.9 Å². The summed E-state index contributed by atoms with van der Waals surface area (Å²) in [6, 6.07) is 12.4. The van der Waals surface area contributed by atoms with Crippen molar-refractivity contribution in [3.05, 3.63) is 70.1 Å². The molecule has 0 fully saturated rings. The fourth-order valence-corrected chi connectivity index (χ4v) is 1.94. The van der Waals surface area contributed by atoms with Gasteiger partial charge in [0.2, 0.25) is 5.89 Å². The summed E-state index contributed by atoms with van der Waals surface area (Å²) < 4.78 is 11.0. The zero-order chi connectivity index (χ0) is 16.9. The van der Waals surface area contributed by atoms with Crippen LogP contribution in [0.5, 0.6) is 5.75 Å². The second kappa shape index (κ2) is 6.69. The Morgan fingerprint density at radius 3 is 2.42 bits per heavy atom. The summed E-state index contributed by atoms with van der Waals surface area (Å²) in [5.41, 5.74) is 1.12. The minimum atomic E-state index is -0.479. The number of non-ortho nitro benzene ring substituents is 1. The van der Waals surface area contributed by atoms with Gasteiger partial charge in [0.25, 0.3) is 11.6 Å². The van der Waals surface area contributed by atoms with Gasteiger partial charge < -0.3 is 9.15 Å². The molecule has 0 N–H and O–H groups in total. The normalized spacial score (nSPS) is 10.3. The van der Waals surface area contributed by atoms with Gasteiger partial charge in [0, 0.05) is 23.3 Å². The molecular formula is C16H11N3O5. The zero-order valence-electron chi connectivity index (χ0n) is 12.3. The molecule has 3 aromatic rings. The first kappa shape index (κ1) is 15.3. The van der Waals surface area contributed by atoms with Crippen molar-refractivity contribution >= 4 is 12.0 Å². The summed E-state index contributed by atoms with van der Waals surface area (Å²) in [7, 11) is 0. The summed E-state index contributed by atoms with van der Waals surface area (Å²) in [6.07, 6.45) is 0.748. The van der Waals surface area contributed by atoms with E-state index in [1.165, 1.54) is 24.3 Å². The molecule has 8 heteroatoms. The molecule has 2 aromatic carbocycles. The number of rotatable bonds is 6. The smallest absolute Gasteiger partial charge is 0.269 e. The molecule has 24 heavy (non-hydrogen) atoms. The average molecular weight is 325 g/mol. The van der Waals surface area contributed by atoms with E-state index in [1.54, 1.807) is 24.3 Å². The van der Waals surface area contributed by atoms with Crippen molar-refractivity contribution in [2.75, 3.05) is 0 Å². The predicted octanol–water partition coefficient (Wildman–Crippen LogP) is 3.04. The molecule has 0 spiro atoms. The Morgan fingerprint density at radius 1 is 1.08 bits per heavy atom. The van der Waals surface area contributed by atoms with E-state index in [9.17, 15) is 14.9 Å². The van der Waals surface area contributed by atoms with Crippen LogP contribution >= 0.6 is 0 Å². The van der Waals surface area contributed by atoms with Crippen LogP contribution in [0.4, 0.5) is 5.69 Å². The lowest BCUT2D eigenvalue weighted by Crippen LogP contribution is -1.95. The van der Waals surface area contributed by atoms with Crippen LogP contribution in [0.1, 0.15) is 16.2 Å². The van der Waals surface area contributed by atoms with Gasteiger partial charge in [-0.05, 0) is 36.4 Å². The van der Waals surface area contributed by atoms with Crippen molar-refractivity contribution in [3.63, 3.8) is 0 Å². The molecule has 0 unspecified atom stereocenters. The van der Waals surface area contributed by atoms with Crippen LogP contribution in [0.3, 0.4) is 0 Å². The Hall–Kier alpha value is -3.55. The summed E-state index contributed by atoms with van der Waals surface area (Å²) in [4.78, 5) is 20.7. The number of nitro benzene ring substituents is 1. The van der Waals surface area contributed by atoms with Gasteiger partial charge in [-0.15, -0.1) is 10.2 Å². The fourth-order valence-electron chi connectivity index (χ4n) is 1.94. The largest absolute Gasteiger partial charge is 0.484 e. The van der Waals surface area contributed by atoms with Crippen molar-refractivity contribution < 1.29 is 18.9 Å². The van der Waals surface area contributed by atoms with Gasteiger partial charge in [0.05, 0.1) is 4.92 Å². The molecule has 1 heterocycles. The predicted molar refractivity (Wildman–Crippen MR) is 82.5 cm³/mol. The van der Waals surface area contributed by atoms with Crippen LogP contribution in [0.15, 0.2) is 52.9 Å². The van der Waals surface area contributed by atoms with E-state index in [2.05, 4.69) is 10.2 Å². The van der Waals surface area contributed by atoms with E-state index in [4.69, 9.17) is 9.15 Å². The van der Waals surface area contributed by atoms with Gasteiger partial charge in [0.15, 0.2) is 6.61 Å². The highest BCUT2D eigenvalue weighted by molar-refractivity contribution is 5.74. The third-order valence-electron chi connectivity index (χ3n) is 3.17. The van der Waals surface area contributed by atoms with Crippen molar-refractivity contribution in [1.82, 2.24) is 10.2 Å². The van der Waals surface area contributed by atoms with Crippen molar-refractivity contribution in [2.24, 2.45) is 0 Å². The second-order valence-corrected chi connectivity index (χ2v) is 4.78. The van der Waals surface area contributed by atoms with Crippen molar-refractivity contribution in [2.45, 2.75) is 6.61 Å². The fraction of sp³-hybridized carbons (Fsp3) is 0.0625. The van der Waals surface area contributed by atoms with Gasteiger partial charge in [-0.3, -0.25) is 14.9 Å².